The third-order valence-electron chi connectivity index (χ3n) is 5.67. The van der Waals surface area contributed by atoms with Gasteiger partial charge in [-0.2, -0.15) is 0 Å². The van der Waals surface area contributed by atoms with Crippen molar-refractivity contribution in [2.75, 3.05) is 33.2 Å². The number of hydrogen-bond acceptors (Lipinski definition) is 5. The van der Waals surface area contributed by atoms with Crippen molar-refractivity contribution in [3.8, 4) is 0 Å². The molecule has 0 unspecified atom stereocenters. The summed E-state index contributed by atoms with van der Waals surface area (Å²) in [7, 11) is 1.84. The predicted molar refractivity (Wildman–Crippen MR) is 121 cm³/mol. The molecular formula is C23H31N7O. The van der Waals surface area contributed by atoms with E-state index in [2.05, 4.69) is 71.3 Å². The molecule has 31 heavy (non-hydrogen) atoms. The number of nitrogens with zero attached hydrogens (tertiary/aromatic N) is 6. The summed E-state index contributed by atoms with van der Waals surface area (Å²) in [5.41, 5.74) is 2.36. The Morgan fingerprint density at radius 1 is 1.13 bits per heavy atom. The Morgan fingerprint density at radius 2 is 1.97 bits per heavy atom. The van der Waals surface area contributed by atoms with E-state index in [4.69, 9.17) is 4.52 Å². The maximum Gasteiger partial charge on any atom is 0.194 e. The molecular weight excluding hydrogens is 390 g/mol. The molecule has 164 valence electrons. The van der Waals surface area contributed by atoms with Crippen molar-refractivity contribution >= 4 is 5.96 Å². The molecule has 1 saturated heterocycles. The molecule has 8 heteroatoms. The first-order valence-corrected chi connectivity index (χ1v) is 10.9. The van der Waals surface area contributed by atoms with Crippen molar-refractivity contribution in [3.63, 3.8) is 0 Å². The minimum atomic E-state index is 0.671. The lowest BCUT2D eigenvalue weighted by Crippen LogP contribution is -2.52. The number of imidazole rings is 1. The highest BCUT2D eigenvalue weighted by molar-refractivity contribution is 5.79. The van der Waals surface area contributed by atoms with Gasteiger partial charge in [0, 0.05) is 64.8 Å². The third-order valence-corrected chi connectivity index (χ3v) is 5.67. The van der Waals surface area contributed by atoms with Crippen LogP contribution in [0.3, 0.4) is 0 Å². The van der Waals surface area contributed by atoms with E-state index in [0.717, 1.165) is 69.6 Å². The second kappa shape index (κ2) is 10.8. The molecule has 1 fully saturated rings. The first-order valence-electron chi connectivity index (χ1n) is 10.9. The lowest BCUT2D eigenvalue weighted by atomic mass is 10.1. The molecule has 3 heterocycles. The Labute approximate surface area is 183 Å². The number of piperazine rings is 1. The topological polar surface area (TPSA) is 74.7 Å². The minimum Gasteiger partial charge on any atom is -0.364 e. The number of aliphatic imine (C=N–C) groups is 1. The first-order chi connectivity index (χ1) is 15.3. The van der Waals surface area contributed by atoms with Crippen LogP contribution in [0.4, 0.5) is 0 Å². The quantitative estimate of drug-likeness (QED) is 0.445. The maximum absolute atomic E-state index is 4.93. The molecule has 1 aromatic carbocycles. The van der Waals surface area contributed by atoms with Crippen molar-refractivity contribution in [1.29, 1.82) is 0 Å². The van der Waals surface area contributed by atoms with Crippen LogP contribution < -0.4 is 5.32 Å². The van der Waals surface area contributed by atoms with Crippen LogP contribution in [0.15, 0.2) is 64.6 Å². The van der Waals surface area contributed by atoms with E-state index >= 15 is 0 Å². The van der Waals surface area contributed by atoms with E-state index in [1.165, 1.54) is 5.56 Å². The zero-order valence-corrected chi connectivity index (χ0v) is 18.2. The largest absolute Gasteiger partial charge is 0.364 e. The number of nitrogens with one attached hydrogen (secondary N) is 1. The third kappa shape index (κ3) is 5.95. The fourth-order valence-corrected chi connectivity index (χ4v) is 3.97. The van der Waals surface area contributed by atoms with Crippen LogP contribution in [0.5, 0.6) is 0 Å². The van der Waals surface area contributed by atoms with Gasteiger partial charge in [0.1, 0.15) is 12.1 Å². The van der Waals surface area contributed by atoms with Crippen molar-refractivity contribution < 1.29 is 4.52 Å². The molecule has 0 radical (unpaired) electrons. The van der Waals surface area contributed by atoms with Gasteiger partial charge in [-0.1, -0.05) is 35.5 Å². The summed E-state index contributed by atoms with van der Waals surface area (Å²) in [6.07, 6.45) is 7.74. The molecule has 3 aromatic rings. The molecule has 0 atom stereocenters. The molecule has 2 aromatic heterocycles. The smallest absolute Gasteiger partial charge is 0.194 e. The summed E-state index contributed by atoms with van der Waals surface area (Å²) in [5.74, 6) is 1.97. The number of aryl methyl sites for hydroxylation is 2. The van der Waals surface area contributed by atoms with Gasteiger partial charge in [0.15, 0.2) is 5.96 Å². The fraction of sp³-hybridized carbons (Fsp3) is 0.435. The molecule has 0 aliphatic carbocycles. The van der Waals surface area contributed by atoms with Gasteiger partial charge in [-0.3, -0.25) is 9.89 Å². The Morgan fingerprint density at radius 3 is 2.71 bits per heavy atom. The average Bonchev–Trinajstić information content (AvgIpc) is 3.48. The highest BCUT2D eigenvalue weighted by atomic mass is 16.5. The van der Waals surface area contributed by atoms with Crippen molar-refractivity contribution in [2.24, 2.45) is 4.99 Å². The second-order valence-corrected chi connectivity index (χ2v) is 7.78. The zero-order valence-electron chi connectivity index (χ0n) is 18.2. The number of guanidine groups is 1. The molecule has 0 spiro atoms. The van der Waals surface area contributed by atoms with Gasteiger partial charge < -0.3 is 19.3 Å². The summed E-state index contributed by atoms with van der Waals surface area (Å²) in [6.45, 7) is 6.28. The van der Waals surface area contributed by atoms with Crippen LogP contribution in [0.25, 0.3) is 0 Å². The number of aromatic nitrogens is 3. The Kier molecular flexibility index (Phi) is 7.33. The number of hydrogen-bond donors (Lipinski definition) is 1. The van der Waals surface area contributed by atoms with E-state index in [1.807, 2.05) is 19.3 Å². The van der Waals surface area contributed by atoms with Crippen LogP contribution in [0.2, 0.25) is 0 Å². The highest BCUT2D eigenvalue weighted by Gasteiger charge is 2.20. The summed E-state index contributed by atoms with van der Waals surface area (Å²) in [5, 5.41) is 7.51. The van der Waals surface area contributed by atoms with Gasteiger partial charge in [0.25, 0.3) is 0 Å². The van der Waals surface area contributed by atoms with E-state index < -0.39 is 0 Å². The SMILES string of the molecule is CN=C(NCc1nccn1CCCc1ccccc1)N1CCN(Cc2ccon2)CC1. The van der Waals surface area contributed by atoms with Gasteiger partial charge >= 0.3 is 0 Å². The summed E-state index contributed by atoms with van der Waals surface area (Å²) in [6, 6.07) is 12.6. The van der Waals surface area contributed by atoms with Gasteiger partial charge in [0.2, 0.25) is 0 Å². The van der Waals surface area contributed by atoms with E-state index in [9.17, 15) is 0 Å². The molecule has 1 aliphatic rings. The van der Waals surface area contributed by atoms with Crippen LogP contribution in [-0.4, -0.2) is 63.7 Å². The molecule has 1 aliphatic heterocycles. The second-order valence-electron chi connectivity index (χ2n) is 7.78. The zero-order chi connectivity index (χ0) is 21.3. The van der Waals surface area contributed by atoms with Crippen molar-refractivity contribution in [3.05, 3.63) is 72.1 Å². The lowest BCUT2D eigenvalue weighted by Gasteiger charge is -2.36. The predicted octanol–water partition coefficient (Wildman–Crippen LogP) is 2.40. The summed E-state index contributed by atoms with van der Waals surface area (Å²) in [4.78, 5) is 13.7. The molecule has 0 amide bonds. The molecule has 0 saturated carbocycles. The molecule has 8 nitrogen and oxygen atoms in total. The van der Waals surface area contributed by atoms with Crippen molar-refractivity contribution in [2.45, 2.75) is 32.5 Å². The van der Waals surface area contributed by atoms with E-state index in [1.54, 1.807) is 6.26 Å². The molecule has 0 bridgehead atoms. The Hall–Kier alpha value is -3.13. The van der Waals surface area contributed by atoms with Gasteiger partial charge in [0.05, 0.1) is 12.2 Å². The highest BCUT2D eigenvalue weighted by Crippen LogP contribution is 2.09. The van der Waals surface area contributed by atoms with Crippen LogP contribution >= 0.6 is 0 Å². The summed E-state index contributed by atoms with van der Waals surface area (Å²) < 4.78 is 7.17. The first kappa shape index (κ1) is 21.1. The molecule has 4 rings (SSSR count). The van der Waals surface area contributed by atoms with Crippen LogP contribution in [0, 0.1) is 0 Å². The normalized spacial score (nSPS) is 15.4. The minimum absolute atomic E-state index is 0.671. The van der Waals surface area contributed by atoms with E-state index in [-0.39, 0.29) is 0 Å². The van der Waals surface area contributed by atoms with Gasteiger partial charge in [-0.15, -0.1) is 0 Å². The van der Waals surface area contributed by atoms with E-state index in [0.29, 0.717) is 6.54 Å². The standard InChI is InChI=1S/C23H31N7O/c1-24-23(30-15-13-28(14-16-30)19-21-9-17-31-27-21)26-18-22-25-10-12-29(22)11-5-8-20-6-3-2-4-7-20/h2-4,6-7,9-10,12,17H,5,8,11,13-16,18-19H2,1H3,(H,24,26). The number of benzene rings is 1. The fourth-order valence-electron chi connectivity index (χ4n) is 3.97. The van der Waals surface area contributed by atoms with Gasteiger partial charge in [-0.25, -0.2) is 4.98 Å². The summed E-state index contributed by atoms with van der Waals surface area (Å²) >= 11 is 0. The van der Waals surface area contributed by atoms with Crippen LogP contribution in [0.1, 0.15) is 23.5 Å². The average molecular weight is 422 g/mol. The Balaban J connectivity index is 1.23. The van der Waals surface area contributed by atoms with Crippen molar-refractivity contribution in [1.82, 2.24) is 29.8 Å². The monoisotopic (exact) mass is 421 g/mol. The Bertz CT molecular complexity index is 928. The lowest BCUT2D eigenvalue weighted by molar-refractivity contribution is 0.169. The molecule has 1 N–H and O–H groups in total. The van der Waals surface area contributed by atoms with Gasteiger partial charge in [-0.05, 0) is 18.4 Å². The van der Waals surface area contributed by atoms with Crippen LogP contribution in [-0.2, 0) is 26.1 Å². The number of rotatable bonds is 8. The maximum atomic E-state index is 4.93.